The van der Waals surface area contributed by atoms with Crippen molar-refractivity contribution in [3.8, 4) is 0 Å². The van der Waals surface area contributed by atoms with Crippen LogP contribution in [0.1, 0.15) is 10.4 Å². The standard InChI is InChI=1S/C11H9BrN4O4/c1-15-5-13-9(16(19)20)10(15)14-6-2-3-8(12)7(4-6)11(17)18/h2-5,14H,1H3,(H,17,18). The molecule has 0 fully saturated rings. The lowest BCUT2D eigenvalue weighted by Crippen LogP contribution is -2.03. The van der Waals surface area contributed by atoms with Crippen molar-refractivity contribution in [1.82, 2.24) is 9.55 Å². The molecule has 1 heterocycles. The molecule has 0 aliphatic carbocycles. The van der Waals surface area contributed by atoms with Crippen LogP contribution in [0, 0.1) is 10.1 Å². The Labute approximate surface area is 121 Å². The highest BCUT2D eigenvalue weighted by Crippen LogP contribution is 2.28. The van der Waals surface area contributed by atoms with Crippen LogP contribution in [-0.2, 0) is 7.05 Å². The molecule has 0 aliphatic rings. The summed E-state index contributed by atoms with van der Waals surface area (Å²) >= 11 is 3.13. The van der Waals surface area contributed by atoms with Gasteiger partial charge in [0.15, 0.2) is 0 Å². The number of carboxylic acid groups (broad SMARTS) is 1. The molecule has 0 saturated heterocycles. The Morgan fingerprint density at radius 3 is 2.85 bits per heavy atom. The fourth-order valence-electron chi connectivity index (χ4n) is 1.60. The van der Waals surface area contributed by atoms with Crippen LogP contribution in [-0.4, -0.2) is 25.6 Å². The van der Waals surface area contributed by atoms with Gasteiger partial charge in [0.05, 0.1) is 5.56 Å². The van der Waals surface area contributed by atoms with Crippen molar-refractivity contribution in [1.29, 1.82) is 0 Å². The van der Waals surface area contributed by atoms with Crippen LogP contribution in [0.15, 0.2) is 29.0 Å². The summed E-state index contributed by atoms with van der Waals surface area (Å²) in [7, 11) is 1.60. The van der Waals surface area contributed by atoms with Crippen molar-refractivity contribution in [2.45, 2.75) is 0 Å². The maximum Gasteiger partial charge on any atom is 0.406 e. The van der Waals surface area contributed by atoms with Gasteiger partial charge in [0.25, 0.3) is 0 Å². The molecule has 9 heteroatoms. The van der Waals surface area contributed by atoms with Crippen LogP contribution in [0.2, 0.25) is 0 Å². The predicted molar refractivity (Wildman–Crippen MR) is 74.2 cm³/mol. The minimum Gasteiger partial charge on any atom is -0.478 e. The quantitative estimate of drug-likeness (QED) is 0.653. The number of rotatable bonds is 4. The van der Waals surface area contributed by atoms with Crippen molar-refractivity contribution >= 4 is 39.2 Å². The first kappa shape index (κ1) is 14.0. The van der Waals surface area contributed by atoms with E-state index in [1.54, 1.807) is 19.2 Å². The molecule has 1 aromatic heterocycles. The number of hydrogen-bond donors (Lipinski definition) is 2. The van der Waals surface area contributed by atoms with Gasteiger partial charge < -0.3 is 20.5 Å². The normalized spacial score (nSPS) is 10.3. The summed E-state index contributed by atoms with van der Waals surface area (Å²) in [6.07, 6.45) is 1.30. The van der Waals surface area contributed by atoms with Gasteiger partial charge in [-0.05, 0) is 44.0 Å². The van der Waals surface area contributed by atoms with Gasteiger partial charge >= 0.3 is 11.8 Å². The average molecular weight is 341 g/mol. The van der Waals surface area contributed by atoms with Gasteiger partial charge in [-0.1, -0.05) is 0 Å². The number of aromatic carboxylic acids is 1. The Balaban J connectivity index is 2.40. The molecule has 8 nitrogen and oxygen atoms in total. The monoisotopic (exact) mass is 340 g/mol. The number of hydrogen-bond acceptors (Lipinski definition) is 5. The Bertz CT molecular complexity index is 698. The molecule has 104 valence electrons. The molecule has 20 heavy (non-hydrogen) atoms. The summed E-state index contributed by atoms with van der Waals surface area (Å²) in [5, 5.41) is 22.7. The van der Waals surface area contributed by atoms with Crippen LogP contribution in [0.5, 0.6) is 0 Å². The number of nitro groups is 1. The van der Waals surface area contributed by atoms with Gasteiger partial charge in [-0.25, -0.2) is 4.79 Å². The van der Waals surface area contributed by atoms with Crippen LogP contribution in [0.3, 0.4) is 0 Å². The molecule has 1 aromatic carbocycles. The van der Waals surface area contributed by atoms with Gasteiger partial charge in [0.1, 0.15) is 0 Å². The molecular formula is C11H9BrN4O4. The SMILES string of the molecule is Cn1cnc([N+](=O)[O-])c1Nc1ccc(Br)c(C(=O)O)c1. The zero-order valence-electron chi connectivity index (χ0n) is 10.2. The number of aryl methyl sites for hydroxylation is 1. The molecule has 0 amide bonds. The summed E-state index contributed by atoms with van der Waals surface area (Å²) in [6.45, 7) is 0. The molecule has 0 radical (unpaired) electrons. The number of carbonyl (C=O) groups is 1. The van der Waals surface area contributed by atoms with Crippen LogP contribution in [0.4, 0.5) is 17.3 Å². The Hall–Kier alpha value is -2.42. The third-order valence-corrected chi connectivity index (χ3v) is 3.24. The van der Waals surface area contributed by atoms with Crippen LogP contribution >= 0.6 is 15.9 Å². The summed E-state index contributed by atoms with van der Waals surface area (Å²) in [6, 6.07) is 4.53. The van der Waals surface area contributed by atoms with Crippen molar-refractivity contribution in [3.05, 3.63) is 44.7 Å². The lowest BCUT2D eigenvalue weighted by atomic mass is 10.2. The first-order chi connectivity index (χ1) is 9.40. The lowest BCUT2D eigenvalue weighted by molar-refractivity contribution is -0.388. The second-order valence-corrected chi connectivity index (χ2v) is 4.76. The van der Waals surface area contributed by atoms with E-state index in [1.165, 1.54) is 17.0 Å². The first-order valence-corrected chi connectivity index (χ1v) is 6.15. The molecule has 0 bridgehead atoms. The fraction of sp³-hybridized carbons (Fsp3) is 0.0909. The number of benzene rings is 1. The molecule has 2 rings (SSSR count). The number of halogens is 1. The minimum atomic E-state index is -1.10. The van der Waals surface area contributed by atoms with E-state index in [2.05, 4.69) is 26.2 Å². The summed E-state index contributed by atoms with van der Waals surface area (Å²) in [4.78, 5) is 24.9. The second-order valence-electron chi connectivity index (χ2n) is 3.91. The van der Waals surface area contributed by atoms with E-state index in [0.717, 1.165) is 0 Å². The average Bonchev–Trinajstić information content (AvgIpc) is 2.73. The summed E-state index contributed by atoms with van der Waals surface area (Å²) < 4.78 is 1.87. The number of imidazole rings is 1. The zero-order valence-corrected chi connectivity index (χ0v) is 11.8. The van der Waals surface area contributed by atoms with Crippen molar-refractivity contribution in [2.24, 2.45) is 7.05 Å². The number of nitrogens with one attached hydrogen (secondary N) is 1. The number of aromatic nitrogens is 2. The van der Waals surface area contributed by atoms with E-state index in [9.17, 15) is 14.9 Å². The van der Waals surface area contributed by atoms with Crippen molar-refractivity contribution in [2.75, 3.05) is 5.32 Å². The van der Waals surface area contributed by atoms with E-state index < -0.39 is 10.9 Å². The van der Waals surface area contributed by atoms with Crippen LogP contribution < -0.4 is 5.32 Å². The van der Waals surface area contributed by atoms with Gasteiger partial charge in [-0.3, -0.25) is 4.57 Å². The molecule has 0 spiro atoms. The highest BCUT2D eigenvalue weighted by molar-refractivity contribution is 9.10. The molecule has 0 aliphatic heterocycles. The Morgan fingerprint density at radius 2 is 2.25 bits per heavy atom. The lowest BCUT2D eigenvalue weighted by Gasteiger charge is -2.08. The molecule has 0 atom stereocenters. The van der Waals surface area contributed by atoms with Gasteiger partial charge in [-0.2, -0.15) is 0 Å². The first-order valence-electron chi connectivity index (χ1n) is 5.35. The largest absolute Gasteiger partial charge is 0.478 e. The Kier molecular flexibility index (Phi) is 3.70. The minimum absolute atomic E-state index is 0.0554. The summed E-state index contributed by atoms with van der Waals surface area (Å²) in [5.41, 5.74) is 0.470. The van der Waals surface area contributed by atoms with E-state index in [1.807, 2.05) is 0 Å². The number of carboxylic acids is 1. The highest BCUT2D eigenvalue weighted by Gasteiger charge is 2.20. The van der Waals surface area contributed by atoms with E-state index in [0.29, 0.717) is 10.2 Å². The molecular weight excluding hydrogens is 332 g/mol. The topological polar surface area (TPSA) is 110 Å². The van der Waals surface area contributed by atoms with Crippen molar-refractivity contribution < 1.29 is 14.8 Å². The summed E-state index contributed by atoms with van der Waals surface area (Å²) in [5.74, 6) is -1.25. The third-order valence-electron chi connectivity index (χ3n) is 2.55. The fourth-order valence-corrected chi connectivity index (χ4v) is 2.02. The molecule has 0 saturated carbocycles. The van der Waals surface area contributed by atoms with Gasteiger partial charge in [0, 0.05) is 17.2 Å². The number of anilines is 2. The molecule has 2 aromatic rings. The van der Waals surface area contributed by atoms with Gasteiger partial charge in [0.2, 0.25) is 12.1 Å². The number of nitrogens with zero attached hydrogens (tertiary/aromatic N) is 3. The van der Waals surface area contributed by atoms with E-state index >= 15 is 0 Å². The second kappa shape index (κ2) is 5.29. The van der Waals surface area contributed by atoms with E-state index in [4.69, 9.17) is 5.11 Å². The maximum absolute atomic E-state index is 11.0. The smallest absolute Gasteiger partial charge is 0.406 e. The Morgan fingerprint density at radius 1 is 1.55 bits per heavy atom. The third kappa shape index (κ3) is 2.62. The molecule has 2 N–H and O–H groups in total. The molecule has 0 unspecified atom stereocenters. The highest BCUT2D eigenvalue weighted by atomic mass is 79.9. The van der Waals surface area contributed by atoms with E-state index in [-0.39, 0.29) is 17.2 Å². The van der Waals surface area contributed by atoms with Crippen molar-refractivity contribution in [3.63, 3.8) is 0 Å². The maximum atomic E-state index is 11.0. The predicted octanol–water partition coefficient (Wildman–Crippen LogP) is 2.53. The van der Waals surface area contributed by atoms with Gasteiger partial charge in [-0.15, -0.1) is 0 Å². The van der Waals surface area contributed by atoms with Crippen LogP contribution in [0.25, 0.3) is 0 Å². The zero-order chi connectivity index (χ0) is 14.9.